The van der Waals surface area contributed by atoms with Crippen molar-refractivity contribution < 1.29 is 4.79 Å². The first kappa shape index (κ1) is 10.9. The fraction of sp³-hybridized carbons (Fsp3) is 0.667. The summed E-state index contributed by atoms with van der Waals surface area (Å²) in [6.07, 6.45) is 0.754. The van der Waals surface area contributed by atoms with Gasteiger partial charge in [0.05, 0.1) is 6.07 Å². The Hall–Kier alpha value is -0.0800. The first-order chi connectivity index (χ1) is 5.06. The zero-order valence-electron chi connectivity index (χ0n) is 5.81. The van der Waals surface area contributed by atoms with E-state index >= 15 is 0 Å². The zero-order chi connectivity index (χ0) is 8.91. The van der Waals surface area contributed by atoms with Crippen LogP contribution in [0.5, 0.6) is 0 Å². The van der Waals surface area contributed by atoms with Crippen LogP contribution in [-0.4, -0.2) is 15.6 Å². The molecule has 0 aromatic carbocycles. The van der Waals surface area contributed by atoms with Crippen LogP contribution in [0.4, 0.5) is 0 Å². The van der Waals surface area contributed by atoms with Crippen molar-refractivity contribution in [1.29, 1.82) is 5.26 Å². The highest BCUT2D eigenvalue weighted by molar-refractivity contribution is 9.12. The topological polar surface area (TPSA) is 66.9 Å². The Morgan fingerprint density at radius 3 is 2.55 bits per heavy atom. The Morgan fingerprint density at radius 1 is 1.73 bits per heavy atom. The SMILES string of the molecule is N#CCCC(Br)(CBr)C(N)=O. The standard InChI is InChI=1S/C6H8Br2N2O/c7-4-6(8,5(10)11)2-1-3-9/h1-2,4H2,(H2,10,11). The monoisotopic (exact) mass is 282 g/mol. The summed E-state index contributed by atoms with van der Waals surface area (Å²) in [5.74, 6) is -0.440. The molecule has 0 aromatic rings. The van der Waals surface area contributed by atoms with Gasteiger partial charge in [-0.15, -0.1) is 0 Å². The summed E-state index contributed by atoms with van der Waals surface area (Å²) >= 11 is 6.32. The van der Waals surface area contributed by atoms with Crippen LogP contribution in [0.15, 0.2) is 0 Å². The van der Waals surface area contributed by atoms with E-state index in [4.69, 9.17) is 11.0 Å². The fourth-order valence-electron chi connectivity index (χ4n) is 0.510. The highest BCUT2D eigenvalue weighted by Crippen LogP contribution is 2.25. The van der Waals surface area contributed by atoms with Crippen LogP contribution in [-0.2, 0) is 4.79 Å². The predicted molar refractivity (Wildman–Crippen MR) is 49.5 cm³/mol. The minimum absolute atomic E-state index is 0.319. The molecular formula is C6H8Br2N2O. The molecule has 0 saturated heterocycles. The van der Waals surface area contributed by atoms with Gasteiger partial charge in [-0.1, -0.05) is 31.9 Å². The van der Waals surface area contributed by atoms with Gasteiger partial charge >= 0.3 is 0 Å². The lowest BCUT2D eigenvalue weighted by Gasteiger charge is -2.18. The van der Waals surface area contributed by atoms with Gasteiger partial charge < -0.3 is 5.73 Å². The molecule has 0 aliphatic rings. The number of halogens is 2. The molecule has 0 heterocycles. The van der Waals surface area contributed by atoms with Crippen molar-refractivity contribution in [3.63, 3.8) is 0 Å². The largest absolute Gasteiger partial charge is 0.368 e. The molecule has 0 bridgehead atoms. The molecule has 62 valence electrons. The van der Waals surface area contributed by atoms with Gasteiger partial charge in [0.25, 0.3) is 0 Å². The van der Waals surface area contributed by atoms with E-state index in [0.717, 1.165) is 0 Å². The van der Waals surface area contributed by atoms with Gasteiger partial charge in [0.1, 0.15) is 4.32 Å². The number of alkyl halides is 2. The maximum Gasteiger partial charge on any atom is 0.235 e. The summed E-state index contributed by atoms with van der Waals surface area (Å²) in [5.41, 5.74) is 5.10. The first-order valence-corrected chi connectivity index (χ1v) is 4.90. The molecule has 0 radical (unpaired) electrons. The van der Waals surface area contributed by atoms with Crippen molar-refractivity contribution in [2.24, 2.45) is 5.73 Å². The molecule has 0 saturated carbocycles. The van der Waals surface area contributed by atoms with Crippen molar-refractivity contribution >= 4 is 37.8 Å². The van der Waals surface area contributed by atoms with Crippen molar-refractivity contribution in [2.75, 3.05) is 5.33 Å². The predicted octanol–water partition coefficient (Wildman–Crippen LogP) is 1.30. The summed E-state index contributed by atoms with van der Waals surface area (Å²) < 4.78 is -0.761. The maximum absolute atomic E-state index is 10.8. The number of nitrogens with two attached hydrogens (primary N) is 1. The molecule has 0 aliphatic carbocycles. The quantitative estimate of drug-likeness (QED) is 0.791. The normalized spacial score (nSPS) is 15.0. The number of rotatable bonds is 4. The van der Waals surface area contributed by atoms with E-state index in [1.165, 1.54) is 0 Å². The molecule has 0 aromatic heterocycles. The number of carbonyl (C=O) groups is 1. The molecule has 1 atom stereocenters. The average molecular weight is 284 g/mol. The minimum Gasteiger partial charge on any atom is -0.368 e. The highest BCUT2D eigenvalue weighted by Gasteiger charge is 2.31. The van der Waals surface area contributed by atoms with Crippen molar-refractivity contribution in [3.05, 3.63) is 0 Å². The Bertz CT molecular complexity index is 190. The number of amides is 1. The van der Waals surface area contributed by atoms with Gasteiger partial charge in [-0.05, 0) is 6.42 Å². The highest BCUT2D eigenvalue weighted by atomic mass is 79.9. The number of nitrogens with zero attached hydrogens (tertiary/aromatic N) is 1. The fourth-order valence-corrected chi connectivity index (χ4v) is 1.26. The van der Waals surface area contributed by atoms with E-state index in [9.17, 15) is 4.79 Å². The molecule has 0 spiro atoms. The molecular weight excluding hydrogens is 276 g/mol. The Morgan fingerprint density at radius 2 is 2.27 bits per heavy atom. The average Bonchev–Trinajstić information content (AvgIpc) is 2.00. The van der Waals surface area contributed by atoms with E-state index in [0.29, 0.717) is 18.2 Å². The summed E-state index contributed by atoms with van der Waals surface area (Å²) in [5, 5.41) is 8.70. The van der Waals surface area contributed by atoms with E-state index < -0.39 is 10.2 Å². The van der Waals surface area contributed by atoms with Crippen LogP contribution in [0, 0.1) is 11.3 Å². The third-order valence-corrected chi connectivity index (χ3v) is 4.06. The summed E-state index contributed by atoms with van der Waals surface area (Å²) in [7, 11) is 0. The van der Waals surface area contributed by atoms with Crippen LogP contribution < -0.4 is 5.73 Å². The van der Waals surface area contributed by atoms with Crippen molar-refractivity contribution in [2.45, 2.75) is 17.2 Å². The molecule has 0 fully saturated rings. The lowest BCUT2D eigenvalue weighted by molar-refractivity contribution is -0.119. The van der Waals surface area contributed by atoms with E-state index in [1.807, 2.05) is 6.07 Å². The Labute approximate surface area is 82.2 Å². The van der Waals surface area contributed by atoms with Gasteiger partial charge in [0.15, 0.2) is 0 Å². The van der Waals surface area contributed by atoms with Crippen LogP contribution in [0.25, 0.3) is 0 Å². The zero-order valence-corrected chi connectivity index (χ0v) is 8.98. The smallest absolute Gasteiger partial charge is 0.235 e. The maximum atomic E-state index is 10.8. The first-order valence-electron chi connectivity index (χ1n) is 2.98. The van der Waals surface area contributed by atoms with Gasteiger partial charge in [-0.25, -0.2) is 0 Å². The molecule has 3 nitrogen and oxygen atoms in total. The van der Waals surface area contributed by atoms with E-state index in [-0.39, 0.29) is 0 Å². The summed E-state index contributed by atoms with van der Waals surface area (Å²) in [6.45, 7) is 0. The third-order valence-electron chi connectivity index (χ3n) is 1.29. The molecule has 0 rings (SSSR count). The van der Waals surface area contributed by atoms with Crippen molar-refractivity contribution in [1.82, 2.24) is 0 Å². The Kier molecular flexibility index (Phi) is 4.69. The lowest BCUT2D eigenvalue weighted by Crippen LogP contribution is -2.39. The lowest BCUT2D eigenvalue weighted by atomic mass is 10.1. The van der Waals surface area contributed by atoms with E-state index in [1.54, 1.807) is 0 Å². The van der Waals surface area contributed by atoms with Gasteiger partial charge in [-0.3, -0.25) is 4.79 Å². The molecule has 2 N–H and O–H groups in total. The van der Waals surface area contributed by atoms with Crippen LogP contribution in [0.3, 0.4) is 0 Å². The molecule has 11 heavy (non-hydrogen) atoms. The van der Waals surface area contributed by atoms with Crippen molar-refractivity contribution in [3.8, 4) is 6.07 Å². The van der Waals surface area contributed by atoms with Gasteiger partial charge in [0, 0.05) is 11.8 Å². The number of primary amides is 1. The molecule has 1 amide bonds. The van der Waals surface area contributed by atoms with Crippen LogP contribution >= 0.6 is 31.9 Å². The number of hydrogen-bond acceptors (Lipinski definition) is 2. The second-order valence-electron chi connectivity index (χ2n) is 2.12. The molecule has 1 unspecified atom stereocenters. The minimum atomic E-state index is -0.761. The van der Waals surface area contributed by atoms with E-state index in [2.05, 4.69) is 31.9 Å². The van der Waals surface area contributed by atoms with Gasteiger partial charge in [0.2, 0.25) is 5.91 Å². The molecule has 5 heteroatoms. The Balaban J connectivity index is 4.13. The second-order valence-corrected chi connectivity index (χ2v) is 4.20. The van der Waals surface area contributed by atoms with Crippen LogP contribution in [0.2, 0.25) is 0 Å². The number of nitriles is 1. The number of hydrogen-bond donors (Lipinski definition) is 1. The van der Waals surface area contributed by atoms with Gasteiger partial charge in [-0.2, -0.15) is 5.26 Å². The summed E-state index contributed by atoms with van der Waals surface area (Å²) in [4.78, 5) is 10.8. The number of carbonyl (C=O) groups excluding carboxylic acids is 1. The summed E-state index contributed by atoms with van der Waals surface area (Å²) in [6, 6.07) is 1.95. The van der Waals surface area contributed by atoms with Crippen LogP contribution in [0.1, 0.15) is 12.8 Å². The second kappa shape index (κ2) is 4.73. The molecule has 0 aliphatic heterocycles. The third kappa shape index (κ3) is 3.21.